The number of halogens is 2. The number of hydrogen-bond acceptors (Lipinski definition) is 4. The minimum Gasteiger partial charge on any atom is -0.355 e. The van der Waals surface area contributed by atoms with Crippen LogP contribution in [-0.2, 0) is 4.79 Å². The summed E-state index contributed by atoms with van der Waals surface area (Å²) in [6.45, 7) is 2.36. The molecule has 0 aliphatic heterocycles. The second kappa shape index (κ2) is 9.81. The van der Waals surface area contributed by atoms with Gasteiger partial charge in [0.05, 0.1) is 21.8 Å². The highest BCUT2D eigenvalue weighted by molar-refractivity contribution is 8.00. The van der Waals surface area contributed by atoms with Crippen LogP contribution in [0.15, 0.2) is 52.4 Å². The molecule has 1 aliphatic rings. The lowest BCUT2D eigenvalue weighted by Gasteiger charge is -2.22. The highest BCUT2D eigenvalue weighted by Crippen LogP contribution is 2.27. The van der Waals surface area contributed by atoms with Crippen LogP contribution in [0.3, 0.4) is 0 Å². The molecular weight excluding hydrogens is 432 g/mol. The Morgan fingerprint density at radius 1 is 1.19 bits per heavy atom. The summed E-state index contributed by atoms with van der Waals surface area (Å²) in [5.41, 5.74) is -0.126. The molecule has 0 radical (unpaired) electrons. The fourth-order valence-corrected chi connectivity index (χ4v) is 5.00. The number of benzene rings is 2. The summed E-state index contributed by atoms with van der Waals surface area (Å²) in [6, 6.07) is 9.79. The van der Waals surface area contributed by atoms with E-state index >= 15 is 0 Å². The lowest BCUT2D eigenvalue weighted by atomic mass is 9.89. The summed E-state index contributed by atoms with van der Waals surface area (Å²) in [5, 5.41) is 2.94. The van der Waals surface area contributed by atoms with Gasteiger partial charge < -0.3 is 5.32 Å². The minimum absolute atomic E-state index is 0.105. The lowest BCUT2D eigenvalue weighted by Crippen LogP contribution is -2.35. The number of rotatable bonds is 6. The molecule has 1 amide bonds. The molecule has 2 aromatic carbocycles. The zero-order chi connectivity index (χ0) is 22.7. The standard InChI is InChI=1S/C24H25F2N3O2S/c1-15(22(30)27-14-16-7-3-2-4-8-16)32-24-28-20-10-6-5-9-18(20)23(31)29(24)21-12-11-17(25)13-19(21)26/h5-6,9-13,15-16H,2-4,7-8,14H2,1H3,(H,27,30). The topological polar surface area (TPSA) is 64.0 Å². The second-order valence-corrected chi connectivity index (χ2v) is 9.47. The average Bonchev–Trinajstić information content (AvgIpc) is 2.79. The normalized spacial score (nSPS) is 15.6. The number of carbonyl (C=O) groups is 1. The first-order valence-electron chi connectivity index (χ1n) is 10.9. The number of aromatic nitrogens is 2. The van der Waals surface area contributed by atoms with Crippen LogP contribution in [0.4, 0.5) is 8.78 Å². The average molecular weight is 458 g/mol. The monoisotopic (exact) mass is 457 g/mol. The Hall–Kier alpha value is -2.74. The molecule has 1 saturated carbocycles. The molecule has 1 aliphatic carbocycles. The number of fused-ring (bicyclic) bond motifs is 1. The number of hydrogen-bond donors (Lipinski definition) is 1. The molecule has 32 heavy (non-hydrogen) atoms. The van der Waals surface area contributed by atoms with Gasteiger partial charge >= 0.3 is 0 Å². The zero-order valence-electron chi connectivity index (χ0n) is 17.8. The molecule has 1 aromatic heterocycles. The number of para-hydroxylation sites is 1. The largest absolute Gasteiger partial charge is 0.355 e. The van der Waals surface area contributed by atoms with Gasteiger partial charge in [-0.3, -0.25) is 14.2 Å². The summed E-state index contributed by atoms with van der Waals surface area (Å²) in [4.78, 5) is 30.5. The van der Waals surface area contributed by atoms with Gasteiger partial charge in [-0.1, -0.05) is 43.2 Å². The van der Waals surface area contributed by atoms with Crippen molar-refractivity contribution in [1.82, 2.24) is 14.9 Å². The highest BCUT2D eigenvalue weighted by Gasteiger charge is 2.23. The van der Waals surface area contributed by atoms with E-state index < -0.39 is 22.4 Å². The Labute approximate surface area is 189 Å². The summed E-state index contributed by atoms with van der Waals surface area (Å²) in [5.74, 6) is -1.28. The van der Waals surface area contributed by atoms with Crippen molar-refractivity contribution >= 4 is 28.6 Å². The van der Waals surface area contributed by atoms with Crippen molar-refractivity contribution < 1.29 is 13.6 Å². The van der Waals surface area contributed by atoms with Crippen molar-refractivity contribution in [2.75, 3.05) is 6.54 Å². The van der Waals surface area contributed by atoms with Gasteiger partial charge in [-0.15, -0.1) is 0 Å². The van der Waals surface area contributed by atoms with Crippen LogP contribution in [0, 0.1) is 17.6 Å². The van der Waals surface area contributed by atoms with Gasteiger partial charge in [0.25, 0.3) is 5.56 Å². The summed E-state index contributed by atoms with van der Waals surface area (Å²) >= 11 is 1.08. The number of nitrogens with one attached hydrogen (secondary N) is 1. The molecule has 0 spiro atoms. The molecule has 1 fully saturated rings. The molecule has 168 valence electrons. The lowest BCUT2D eigenvalue weighted by molar-refractivity contribution is -0.120. The van der Waals surface area contributed by atoms with Crippen LogP contribution in [0.1, 0.15) is 39.0 Å². The molecule has 0 bridgehead atoms. The first-order valence-corrected chi connectivity index (χ1v) is 11.7. The van der Waals surface area contributed by atoms with Gasteiger partial charge in [0.1, 0.15) is 11.6 Å². The third-order valence-electron chi connectivity index (χ3n) is 5.84. The molecule has 5 nitrogen and oxygen atoms in total. The van der Waals surface area contributed by atoms with Gasteiger partial charge in [0.15, 0.2) is 5.16 Å². The second-order valence-electron chi connectivity index (χ2n) is 8.16. The molecule has 4 rings (SSSR count). The summed E-state index contributed by atoms with van der Waals surface area (Å²) < 4.78 is 29.2. The zero-order valence-corrected chi connectivity index (χ0v) is 18.6. The Bertz CT molecular complexity index is 1190. The van der Waals surface area contributed by atoms with E-state index in [-0.39, 0.29) is 16.8 Å². The number of carbonyl (C=O) groups excluding carboxylic acids is 1. The van der Waals surface area contributed by atoms with Gasteiger partial charge in [0.2, 0.25) is 5.91 Å². The maximum Gasteiger partial charge on any atom is 0.266 e. The predicted octanol–water partition coefficient (Wildman–Crippen LogP) is 4.84. The van der Waals surface area contributed by atoms with E-state index in [4.69, 9.17) is 0 Å². The van der Waals surface area contributed by atoms with Crippen molar-refractivity contribution in [2.45, 2.75) is 49.4 Å². The van der Waals surface area contributed by atoms with Crippen molar-refractivity contribution in [1.29, 1.82) is 0 Å². The van der Waals surface area contributed by atoms with E-state index in [0.717, 1.165) is 41.3 Å². The molecule has 1 unspecified atom stereocenters. The maximum atomic E-state index is 14.6. The van der Waals surface area contributed by atoms with E-state index in [1.807, 2.05) is 0 Å². The van der Waals surface area contributed by atoms with Gasteiger partial charge in [0, 0.05) is 12.6 Å². The quantitative estimate of drug-likeness (QED) is 0.425. The predicted molar refractivity (Wildman–Crippen MR) is 122 cm³/mol. The third-order valence-corrected chi connectivity index (χ3v) is 6.89. The maximum absolute atomic E-state index is 14.6. The van der Waals surface area contributed by atoms with Crippen LogP contribution >= 0.6 is 11.8 Å². The van der Waals surface area contributed by atoms with Gasteiger partial charge in [-0.05, 0) is 49.9 Å². The first kappa shape index (κ1) is 22.5. The van der Waals surface area contributed by atoms with E-state index in [2.05, 4.69) is 10.3 Å². The summed E-state index contributed by atoms with van der Waals surface area (Å²) in [6.07, 6.45) is 5.89. The van der Waals surface area contributed by atoms with E-state index in [1.54, 1.807) is 31.2 Å². The smallest absolute Gasteiger partial charge is 0.266 e. The Morgan fingerprint density at radius 3 is 2.69 bits per heavy atom. The third kappa shape index (κ3) is 4.85. The SMILES string of the molecule is CC(Sc1nc2ccccc2c(=O)n1-c1ccc(F)cc1F)C(=O)NCC1CCCCC1. The van der Waals surface area contributed by atoms with E-state index in [1.165, 1.54) is 25.3 Å². The minimum atomic E-state index is -0.875. The molecule has 1 atom stereocenters. The van der Waals surface area contributed by atoms with Gasteiger partial charge in [-0.2, -0.15) is 0 Å². The molecule has 1 heterocycles. The van der Waals surface area contributed by atoms with Crippen molar-refractivity contribution in [3.8, 4) is 5.69 Å². The van der Waals surface area contributed by atoms with Gasteiger partial charge in [-0.25, -0.2) is 13.8 Å². The number of amides is 1. The summed E-state index contributed by atoms with van der Waals surface area (Å²) in [7, 11) is 0. The fraction of sp³-hybridized carbons (Fsp3) is 0.375. The first-order chi connectivity index (χ1) is 15.4. The van der Waals surface area contributed by atoms with Crippen molar-refractivity contribution in [2.24, 2.45) is 5.92 Å². The molecule has 0 saturated heterocycles. The van der Waals surface area contributed by atoms with Crippen molar-refractivity contribution in [3.05, 3.63) is 64.5 Å². The fourth-order valence-electron chi connectivity index (χ4n) is 4.06. The van der Waals surface area contributed by atoms with Crippen LogP contribution < -0.4 is 10.9 Å². The van der Waals surface area contributed by atoms with Crippen molar-refractivity contribution in [3.63, 3.8) is 0 Å². The van der Waals surface area contributed by atoms with Crippen LogP contribution in [0.2, 0.25) is 0 Å². The molecular formula is C24H25F2N3O2S. The Balaban J connectivity index is 1.64. The molecule has 8 heteroatoms. The van der Waals surface area contributed by atoms with Crippen LogP contribution in [0.25, 0.3) is 16.6 Å². The van der Waals surface area contributed by atoms with Crippen LogP contribution in [0.5, 0.6) is 0 Å². The number of thioether (sulfide) groups is 1. The highest BCUT2D eigenvalue weighted by atomic mass is 32.2. The Kier molecular flexibility index (Phi) is 6.89. The van der Waals surface area contributed by atoms with Crippen LogP contribution in [-0.4, -0.2) is 27.3 Å². The van der Waals surface area contributed by atoms with E-state index in [9.17, 15) is 18.4 Å². The van der Waals surface area contributed by atoms with E-state index in [0.29, 0.717) is 23.4 Å². The Morgan fingerprint density at radius 2 is 1.94 bits per heavy atom. The number of nitrogens with zero attached hydrogens (tertiary/aromatic N) is 2. The molecule has 3 aromatic rings. The molecule has 1 N–H and O–H groups in total.